The van der Waals surface area contributed by atoms with E-state index in [0.29, 0.717) is 23.5 Å². The van der Waals surface area contributed by atoms with Crippen LogP contribution in [0.15, 0.2) is 5.38 Å². The van der Waals surface area contributed by atoms with Crippen molar-refractivity contribution in [1.82, 2.24) is 10.3 Å². The average Bonchev–Trinajstić information content (AvgIpc) is 2.75. The number of halogens is 1. The molecule has 1 aromatic heterocycles. The van der Waals surface area contributed by atoms with Crippen molar-refractivity contribution in [2.45, 2.75) is 25.3 Å². The zero-order chi connectivity index (χ0) is 11.8. The number of anilines is 1. The fraction of sp³-hybridized carbons (Fsp3) is 0.636. The molecule has 6 heteroatoms. The normalized spacial score (nSPS) is 28.8. The van der Waals surface area contributed by atoms with Gasteiger partial charge in [0.25, 0.3) is 0 Å². The Morgan fingerprint density at radius 3 is 3.18 bits per heavy atom. The first-order chi connectivity index (χ1) is 8.22. The quantitative estimate of drug-likeness (QED) is 0.849. The molecule has 3 rings (SSSR count). The molecule has 0 aliphatic carbocycles. The molecular weight excluding hydrogens is 258 g/mol. The summed E-state index contributed by atoms with van der Waals surface area (Å²) in [5.74, 6) is 0.765. The molecule has 92 valence electrons. The largest absolute Gasteiger partial charge is 0.353 e. The maximum atomic E-state index is 11.3. The number of thiazole rings is 1. The predicted octanol–water partition coefficient (Wildman–Crippen LogP) is 1.90. The predicted molar refractivity (Wildman–Crippen MR) is 68.6 cm³/mol. The van der Waals surface area contributed by atoms with E-state index in [1.54, 1.807) is 11.3 Å². The van der Waals surface area contributed by atoms with Gasteiger partial charge in [-0.15, -0.1) is 11.3 Å². The van der Waals surface area contributed by atoms with E-state index in [1.165, 1.54) is 0 Å². The molecule has 2 aliphatic heterocycles. The lowest BCUT2D eigenvalue weighted by atomic mass is 9.85. The number of carbonyl (C=O) groups excluding carboxylic acids is 1. The van der Waals surface area contributed by atoms with E-state index in [4.69, 9.17) is 11.6 Å². The molecule has 0 radical (unpaired) electrons. The maximum Gasteiger partial charge on any atom is 0.220 e. The van der Waals surface area contributed by atoms with Crippen molar-refractivity contribution >= 4 is 34.0 Å². The van der Waals surface area contributed by atoms with Gasteiger partial charge >= 0.3 is 0 Å². The van der Waals surface area contributed by atoms with E-state index in [-0.39, 0.29) is 5.91 Å². The minimum Gasteiger partial charge on any atom is -0.353 e. The zero-order valence-corrected chi connectivity index (χ0v) is 10.9. The maximum absolute atomic E-state index is 11.3. The lowest BCUT2D eigenvalue weighted by Gasteiger charge is -2.41. The lowest BCUT2D eigenvalue weighted by molar-refractivity contribution is -0.124. The number of rotatable bonds is 1. The third kappa shape index (κ3) is 2.26. The van der Waals surface area contributed by atoms with E-state index in [0.717, 1.165) is 31.1 Å². The second-order valence-electron chi connectivity index (χ2n) is 4.66. The van der Waals surface area contributed by atoms with Gasteiger partial charge < -0.3 is 10.2 Å². The standard InChI is InChI=1S/C11H14ClN3OS/c12-9-6-17-11(14-9)15-4-3-8-7(5-15)1-2-10(16)13-8/h6-8H,1-5H2,(H,13,16). The number of piperidine rings is 2. The minimum atomic E-state index is 0.206. The van der Waals surface area contributed by atoms with Gasteiger partial charge in [0, 0.05) is 30.9 Å². The molecule has 4 nitrogen and oxygen atoms in total. The summed E-state index contributed by atoms with van der Waals surface area (Å²) in [6.45, 7) is 1.93. The summed E-state index contributed by atoms with van der Waals surface area (Å²) in [5, 5.41) is 6.53. The van der Waals surface area contributed by atoms with E-state index < -0.39 is 0 Å². The number of aromatic nitrogens is 1. The Morgan fingerprint density at radius 1 is 1.53 bits per heavy atom. The van der Waals surface area contributed by atoms with Gasteiger partial charge in [-0.1, -0.05) is 11.6 Å². The van der Waals surface area contributed by atoms with Crippen LogP contribution in [0.4, 0.5) is 5.13 Å². The van der Waals surface area contributed by atoms with Crippen molar-refractivity contribution in [3.8, 4) is 0 Å². The van der Waals surface area contributed by atoms with Crippen molar-refractivity contribution in [3.05, 3.63) is 10.5 Å². The number of hydrogen-bond donors (Lipinski definition) is 1. The summed E-state index contributed by atoms with van der Waals surface area (Å²) >= 11 is 7.44. The molecule has 2 atom stereocenters. The van der Waals surface area contributed by atoms with Crippen LogP contribution in [-0.4, -0.2) is 30.0 Å². The summed E-state index contributed by atoms with van der Waals surface area (Å²) in [6.07, 6.45) is 2.66. The summed E-state index contributed by atoms with van der Waals surface area (Å²) in [5.41, 5.74) is 0. The molecule has 1 N–H and O–H groups in total. The van der Waals surface area contributed by atoms with E-state index >= 15 is 0 Å². The highest BCUT2D eigenvalue weighted by Gasteiger charge is 2.34. The van der Waals surface area contributed by atoms with Crippen LogP contribution < -0.4 is 10.2 Å². The van der Waals surface area contributed by atoms with Gasteiger partial charge in [0.2, 0.25) is 5.91 Å². The van der Waals surface area contributed by atoms with Gasteiger partial charge in [0.15, 0.2) is 5.13 Å². The molecule has 0 aromatic carbocycles. The molecule has 1 amide bonds. The van der Waals surface area contributed by atoms with E-state index in [9.17, 15) is 4.79 Å². The van der Waals surface area contributed by atoms with Crippen LogP contribution in [0.2, 0.25) is 5.15 Å². The third-order valence-corrected chi connectivity index (χ3v) is 4.78. The van der Waals surface area contributed by atoms with Gasteiger partial charge in [-0.2, -0.15) is 0 Å². The van der Waals surface area contributed by atoms with Crippen LogP contribution in [0.1, 0.15) is 19.3 Å². The Labute approximate surface area is 109 Å². The summed E-state index contributed by atoms with van der Waals surface area (Å²) in [7, 11) is 0. The van der Waals surface area contributed by atoms with Gasteiger partial charge in [-0.3, -0.25) is 4.79 Å². The molecule has 2 aliphatic rings. The zero-order valence-electron chi connectivity index (χ0n) is 9.36. The Bertz CT molecular complexity index is 436. The monoisotopic (exact) mass is 271 g/mol. The molecule has 2 unspecified atom stereocenters. The highest BCUT2D eigenvalue weighted by molar-refractivity contribution is 7.14. The van der Waals surface area contributed by atoms with Crippen LogP contribution in [0.3, 0.4) is 0 Å². The van der Waals surface area contributed by atoms with Gasteiger partial charge in [0.05, 0.1) is 0 Å². The van der Waals surface area contributed by atoms with Gasteiger partial charge in [0.1, 0.15) is 5.15 Å². The first-order valence-electron chi connectivity index (χ1n) is 5.88. The van der Waals surface area contributed by atoms with Gasteiger partial charge in [-0.25, -0.2) is 4.98 Å². The summed E-state index contributed by atoms with van der Waals surface area (Å²) in [6, 6.07) is 0.364. The molecular formula is C11H14ClN3OS. The van der Waals surface area contributed by atoms with E-state index in [2.05, 4.69) is 15.2 Å². The Balaban J connectivity index is 1.70. The van der Waals surface area contributed by atoms with Crippen molar-refractivity contribution in [2.75, 3.05) is 18.0 Å². The third-order valence-electron chi connectivity index (χ3n) is 3.56. The van der Waals surface area contributed by atoms with Crippen molar-refractivity contribution < 1.29 is 4.79 Å². The van der Waals surface area contributed by atoms with E-state index in [1.807, 2.05) is 5.38 Å². The molecule has 3 heterocycles. The number of carbonyl (C=O) groups is 1. The lowest BCUT2D eigenvalue weighted by Crippen LogP contribution is -2.54. The van der Waals surface area contributed by atoms with Crippen LogP contribution in [0, 0.1) is 5.92 Å². The Kier molecular flexibility index (Phi) is 2.96. The van der Waals surface area contributed by atoms with Crippen molar-refractivity contribution in [2.24, 2.45) is 5.92 Å². The molecule has 0 bridgehead atoms. The first-order valence-corrected chi connectivity index (χ1v) is 7.13. The van der Waals surface area contributed by atoms with Crippen LogP contribution in [0.5, 0.6) is 0 Å². The van der Waals surface area contributed by atoms with Crippen LogP contribution >= 0.6 is 22.9 Å². The number of hydrogen-bond acceptors (Lipinski definition) is 4. The number of fused-ring (bicyclic) bond motifs is 1. The molecule has 17 heavy (non-hydrogen) atoms. The second-order valence-corrected chi connectivity index (χ2v) is 5.88. The summed E-state index contributed by atoms with van der Waals surface area (Å²) < 4.78 is 0. The number of amides is 1. The Morgan fingerprint density at radius 2 is 2.41 bits per heavy atom. The molecule has 0 spiro atoms. The topological polar surface area (TPSA) is 45.2 Å². The molecule has 2 saturated heterocycles. The highest BCUT2D eigenvalue weighted by atomic mass is 35.5. The smallest absolute Gasteiger partial charge is 0.220 e. The van der Waals surface area contributed by atoms with Crippen LogP contribution in [-0.2, 0) is 4.79 Å². The molecule has 0 saturated carbocycles. The molecule has 1 aromatic rings. The highest BCUT2D eigenvalue weighted by Crippen LogP contribution is 2.31. The van der Waals surface area contributed by atoms with Crippen molar-refractivity contribution in [1.29, 1.82) is 0 Å². The minimum absolute atomic E-state index is 0.206. The Hall–Kier alpha value is -0.810. The van der Waals surface area contributed by atoms with Gasteiger partial charge in [-0.05, 0) is 18.8 Å². The SMILES string of the molecule is O=C1CCC2CN(c3nc(Cl)cs3)CCC2N1. The average molecular weight is 272 g/mol. The second kappa shape index (κ2) is 4.46. The number of nitrogens with one attached hydrogen (secondary N) is 1. The fourth-order valence-corrected chi connectivity index (χ4v) is 3.66. The summed E-state index contributed by atoms with van der Waals surface area (Å²) in [4.78, 5) is 17.9. The van der Waals surface area contributed by atoms with Crippen molar-refractivity contribution in [3.63, 3.8) is 0 Å². The number of nitrogens with zero attached hydrogens (tertiary/aromatic N) is 2. The van der Waals surface area contributed by atoms with Crippen LogP contribution in [0.25, 0.3) is 0 Å². The first kappa shape index (κ1) is 11.3. The fourth-order valence-electron chi connectivity index (χ4n) is 2.67. The molecule has 2 fully saturated rings.